The Balaban J connectivity index is 2.15. The highest BCUT2D eigenvalue weighted by molar-refractivity contribution is 5.52. The van der Waals surface area contributed by atoms with Gasteiger partial charge < -0.3 is 15.1 Å². The van der Waals surface area contributed by atoms with Crippen LogP contribution in [0.15, 0.2) is 18.5 Å². The highest BCUT2D eigenvalue weighted by Gasteiger charge is 2.22. The van der Waals surface area contributed by atoms with E-state index in [1.54, 1.807) is 0 Å². The quantitative estimate of drug-likeness (QED) is 0.871. The summed E-state index contributed by atoms with van der Waals surface area (Å²) in [7, 11) is 6.33. The van der Waals surface area contributed by atoms with Crippen LogP contribution < -0.4 is 10.2 Å². The predicted octanol–water partition coefficient (Wildman–Crippen LogP) is 1.33. The first kappa shape index (κ1) is 13.3. The minimum Gasteiger partial charge on any atom is -0.368 e. The maximum Gasteiger partial charge on any atom is 0.0598 e. The zero-order valence-corrected chi connectivity index (χ0v) is 11.7. The molecule has 4 heteroatoms. The maximum absolute atomic E-state index is 4.29. The summed E-state index contributed by atoms with van der Waals surface area (Å²) in [6.07, 6.45) is 6.44. The summed E-state index contributed by atoms with van der Waals surface area (Å²) in [5.41, 5.74) is 2.63. The molecule has 1 saturated heterocycles. The normalized spacial score (nSPS) is 20.4. The van der Waals surface area contributed by atoms with Crippen molar-refractivity contribution in [1.29, 1.82) is 0 Å². The molecule has 1 fully saturated rings. The largest absolute Gasteiger partial charge is 0.368 e. The van der Waals surface area contributed by atoms with Gasteiger partial charge in [0.25, 0.3) is 0 Å². The molecule has 1 aliphatic heterocycles. The van der Waals surface area contributed by atoms with Crippen LogP contribution in [0.1, 0.15) is 18.4 Å². The summed E-state index contributed by atoms with van der Waals surface area (Å²) >= 11 is 0. The number of piperidine rings is 1. The van der Waals surface area contributed by atoms with E-state index >= 15 is 0 Å². The van der Waals surface area contributed by atoms with E-state index in [1.807, 2.05) is 19.4 Å². The number of hydrogen-bond donors (Lipinski definition) is 1. The Bertz CT molecular complexity index is 378. The van der Waals surface area contributed by atoms with Gasteiger partial charge in [0.1, 0.15) is 0 Å². The van der Waals surface area contributed by atoms with Crippen molar-refractivity contribution < 1.29 is 0 Å². The molecule has 18 heavy (non-hydrogen) atoms. The lowest BCUT2D eigenvalue weighted by Crippen LogP contribution is -2.45. The van der Waals surface area contributed by atoms with Gasteiger partial charge in [0.2, 0.25) is 0 Å². The van der Waals surface area contributed by atoms with E-state index < -0.39 is 0 Å². The first-order valence-corrected chi connectivity index (χ1v) is 6.71. The Hall–Kier alpha value is -1.13. The maximum atomic E-state index is 4.29. The predicted molar refractivity (Wildman–Crippen MR) is 75.9 cm³/mol. The second-order valence-electron chi connectivity index (χ2n) is 5.24. The third kappa shape index (κ3) is 3.00. The molecule has 0 radical (unpaired) electrons. The molecule has 4 nitrogen and oxygen atoms in total. The van der Waals surface area contributed by atoms with Gasteiger partial charge >= 0.3 is 0 Å². The number of anilines is 1. The molecule has 2 rings (SSSR count). The number of nitrogens with zero attached hydrogens (tertiary/aromatic N) is 3. The van der Waals surface area contributed by atoms with Gasteiger partial charge in [-0.3, -0.25) is 4.98 Å². The molecule has 100 valence electrons. The highest BCUT2D eigenvalue weighted by atomic mass is 15.2. The van der Waals surface area contributed by atoms with E-state index in [1.165, 1.54) is 24.1 Å². The number of aromatic nitrogens is 1. The number of hydrogen-bond acceptors (Lipinski definition) is 4. The van der Waals surface area contributed by atoms with Crippen LogP contribution in [0.5, 0.6) is 0 Å². The molecule has 0 bridgehead atoms. The molecule has 1 unspecified atom stereocenters. The van der Waals surface area contributed by atoms with E-state index in [0.29, 0.717) is 6.04 Å². The molecular formula is C14H24N4. The molecule has 1 atom stereocenters. The lowest BCUT2D eigenvalue weighted by Gasteiger charge is -2.38. The summed E-state index contributed by atoms with van der Waals surface area (Å²) in [4.78, 5) is 9.10. The molecular weight excluding hydrogens is 224 g/mol. The van der Waals surface area contributed by atoms with Gasteiger partial charge in [-0.15, -0.1) is 0 Å². The molecule has 2 heterocycles. The Morgan fingerprint density at radius 1 is 1.50 bits per heavy atom. The summed E-state index contributed by atoms with van der Waals surface area (Å²) in [5, 5.41) is 3.23. The van der Waals surface area contributed by atoms with Gasteiger partial charge in [-0.2, -0.15) is 0 Å². The van der Waals surface area contributed by atoms with Crippen molar-refractivity contribution in [2.45, 2.75) is 25.4 Å². The Labute approximate surface area is 110 Å². The second kappa shape index (κ2) is 6.16. The molecule has 1 N–H and O–H groups in total. The third-order valence-corrected chi connectivity index (χ3v) is 3.72. The van der Waals surface area contributed by atoms with Crippen LogP contribution in [0.2, 0.25) is 0 Å². The molecule has 1 aromatic rings. The Morgan fingerprint density at radius 3 is 3.06 bits per heavy atom. The molecule has 0 saturated carbocycles. The molecule has 1 aliphatic rings. The van der Waals surface area contributed by atoms with E-state index in [4.69, 9.17) is 0 Å². The molecule has 1 aromatic heterocycles. The van der Waals surface area contributed by atoms with Crippen molar-refractivity contribution in [3.8, 4) is 0 Å². The van der Waals surface area contributed by atoms with Crippen LogP contribution in [0.25, 0.3) is 0 Å². The number of likely N-dealkylation sites (N-methyl/N-ethyl adjacent to an activating group) is 1. The van der Waals surface area contributed by atoms with Gasteiger partial charge in [-0.05, 0) is 45.6 Å². The minimum atomic E-state index is 0.654. The first-order valence-electron chi connectivity index (χ1n) is 6.71. The van der Waals surface area contributed by atoms with Crippen molar-refractivity contribution in [3.05, 3.63) is 24.0 Å². The lowest BCUT2D eigenvalue weighted by molar-refractivity contribution is 0.258. The van der Waals surface area contributed by atoms with Crippen molar-refractivity contribution in [2.75, 3.05) is 39.1 Å². The standard InChI is InChI=1S/C14H24N4/c1-15-9-12-6-7-16-10-14(12)18-8-4-5-13(11-18)17(2)3/h6-7,10,13,15H,4-5,8-9,11H2,1-3H3. The van der Waals surface area contributed by atoms with Crippen LogP contribution in [0.3, 0.4) is 0 Å². The van der Waals surface area contributed by atoms with Crippen molar-refractivity contribution in [1.82, 2.24) is 15.2 Å². The number of rotatable bonds is 4. The average Bonchev–Trinajstić information content (AvgIpc) is 2.40. The zero-order valence-electron chi connectivity index (χ0n) is 11.7. The Kier molecular flexibility index (Phi) is 4.55. The topological polar surface area (TPSA) is 31.4 Å². The average molecular weight is 248 g/mol. The lowest BCUT2D eigenvalue weighted by atomic mass is 10.0. The van der Waals surface area contributed by atoms with E-state index in [0.717, 1.165) is 19.6 Å². The smallest absolute Gasteiger partial charge is 0.0598 e. The first-order chi connectivity index (χ1) is 8.72. The molecule has 0 spiro atoms. The summed E-state index contributed by atoms with van der Waals surface area (Å²) < 4.78 is 0. The fraction of sp³-hybridized carbons (Fsp3) is 0.643. The van der Waals surface area contributed by atoms with Crippen molar-refractivity contribution in [2.24, 2.45) is 0 Å². The molecule has 0 aliphatic carbocycles. The fourth-order valence-electron chi connectivity index (χ4n) is 2.63. The zero-order chi connectivity index (χ0) is 13.0. The van der Waals surface area contributed by atoms with Gasteiger partial charge in [0.05, 0.1) is 11.9 Å². The van der Waals surface area contributed by atoms with Crippen LogP contribution in [0.4, 0.5) is 5.69 Å². The van der Waals surface area contributed by atoms with Gasteiger partial charge in [0, 0.05) is 31.9 Å². The van der Waals surface area contributed by atoms with E-state index in [9.17, 15) is 0 Å². The van der Waals surface area contributed by atoms with Crippen molar-refractivity contribution in [3.63, 3.8) is 0 Å². The summed E-state index contributed by atoms with van der Waals surface area (Å²) in [6.45, 7) is 3.16. The minimum absolute atomic E-state index is 0.654. The monoisotopic (exact) mass is 248 g/mol. The fourth-order valence-corrected chi connectivity index (χ4v) is 2.63. The summed E-state index contributed by atoms with van der Waals surface area (Å²) in [5.74, 6) is 0. The Morgan fingerprint density at radius 2 is 2.33 bits per heavy atom. The van der Waals surface area contributed by atoms with Crippen LogP contribution in [-0.4, -0.2) is 50.2 Å². The van der Waals surface area contributed by atoms with Crippen LogP contribution in [0, 0.1) is 0 Å². The van der Waals surface area contributed by atoms with Gasteiger partial charge in [-0.1, -0.05) is 0 Å². The van der Waals surface area contributed by atoms with Gasteiger partial charge in [-0.25, -0.2) is 0 Å². The molecule has 0 amide bonds. The van der Waals surface area contributed by atoms with Crippen molar-refractivity contribution >= 4 is 5.69 Å². The number of pyridine rings is 1. The third-order valence-electron chi connectivity index (χ3n) is 3.72. The van der Waals surface area contributed by atoms with Crippen LogP contribution in [-0.2, 0) is 6.54 Å². The summed E-state index contributed by atoms with van der Waals surface area (Å²) in [6, 6.07) is 2.77. The van der Waals surface area contributed by atoms with E-state index in [2.05, 4.69) is 40.3 Å². The second-order valence-corrected chi connectivity index (χ2v) is 5.24. The van der Waals surface area contributed by atoms with Crippen LogP contribution >= 0.6 is 0 Å². The number of nitrogens with one attached hydrogen (secondary N) is 1. The highest BCUT2D eigenvalue weighted by Crippen LogP contribution is 2.24. The van der Waals surface area contributed by atoms with E-state index in [-0.39, 0.29) is 0 Å². The SMILES string of the molecule is CNCc1ccncc1N1CCCC(N(C)C)C1. The molecule has 0 aromatic carbocycles. The van der Waals surface area contributed by atoms with Gasteiger partial charge in [0.15, 0.2) is 0 Å².